The first-order chi connectivity index (χ1) is 16.5. The molecule has 1 fully saturated rings. The van der Waals surface area contributed by atoms with Crippen LogP contribution in [0.3, 0.4) is 0 Å². The van der Waals surface area contributed by atoms with E-state index in [9.17, 15) is 23.3 Å². The molecule has 186 valence electrons. The first kappa shape index (κ1) is 25.1. The second kappa shape index (κ2) is 9.59. The summed E-state index contributed by atoms with van der Waals surface area (Å²) in [6.07, 6.45) is -0.609. The topological polar surface area (TPSA) is 130 Å². The van der Waals surface area contributed by atoms with Gasteiger partial charge in [-0.1, -0.05) is 43.3 Å². The van der Waals surface area contributed by atoms with Gasteiger partial charge in [0.05, 0.1) is 26.6 Å². The fourth-order valence-electron chi connectivity index (χ4n) is 4.35. The summed E-state index contributed by atoms with van der Waals surface area (Å²) in [5.74, 6) is -0.274. The molecule has 10 nitrogen and oxygen atoms in total. The number of nitro groups is 1. The smallest absolute Gasteiger partial charge is 0.271 e. The maximum atomic E-state index is 13.4. The lowest BCUT2D eigenvalue weighted by molar-refractivity contribution is -0.384. The van der Waals surface area contributed by atoms with Crippen molar-refractivity contribution in [2.75, 3.05) is 12.3 Å². The highest BCUT2D eigenvalue weighted by Gasteiger charge is 2.47. The van der Waals surface area contributed by atoms with E-state index in [1.165, 1.54) is 28.2 Å². The molecule has 0 unspecified atom stereocenters. The fraction of sp³-hybridized carbons (Fsp3) is 0.391. The number of imidazole rings is 1. The molecule has 2 heterocycles. The molecule has 35 heavy (non-hydrogen) atoms. The van der Waals surface area contributed by atoms with E-state index in [1.807, 2.05) is 27.7 Å². The fourth-order valence-corrected chi connectivity index (χ4v) is 6.90. The summed E-state index contributed by atoms with van der Waals surface area (Å²) in [5, 5.41) is 11.5. The SMILES string of the molecule is Cc1ccc(S(=O)(=O)N2C[C@H](C)N(C(=O)CSc3nc4ccc([N+](=O)[O-])cc4[nH]3)[C@@H]2C(C)C)cc1. The Labute approximate surface area is 207 Å². The number of hydrogen-bond acceptors (Lipinski definition) is 7. The van der Waals surface area contributed by atoms with Crippen LogP contribution in [0.5, 0.6) is 0 Å². The van der Waals surface area contributed by atoms with Crippen LogP contribution in [0.4, 0.5) is 5.69 Å². The van der Waals surface area contributed by atoms with Crippen LogP contribution in [0.15, 0.2) is 52.5 Å². The number of aromatic nitrogens is 2. The first-order valence-electron chi connectivity index (χ1n) is 11.2. The van der Waals surface area contributed by atoms with Gasteiger partial charge in [0.2, 0.25) is 15.9 Å². The normalized spacial score (nSPS) is 19.1. The number of amides is 1. The molecule has 0 aliphatic carbocycles. The van der Waals surface area contributed by atoms with Crippen molar-refractivity contribution in [3.63, 3.8) is 0 Å². The van der Waals surface area contributed by atoms with Crippen molar-refractivity contribution in [2.24, 2.45) is 5.92 Å². The van der Waals surface area contributed by atoms with Gasteiger partial charge in [-0.3, -0.25) is 14.9 Å². The molecule has 1 saturated heterocycles. The summed E-state index contributed by atoms with van der Waals surface area (Å²) in [6, 6.07) is 10.8. The van der Waals surface area contributed by atoms with Crippen molar-refractivity contribution < 1.29 is 18.1 Å². The minimum absolute atomic E-state index is 0.0469. The molecule has 2 aromatic carbocycles. The Balaban J connectivity index is 1.53. The van der Waals surface area contributed by atoms with E-state index in [4.69, 9.17) is 0 Å². The molecule has 0 spiro atoms. The van der Waals surface area contributed by atoms with Gasteiger partial charge in [-0.15, -0.1) is 0 Å². The number of carbonyl (C=O) groups excluding carboxylic acids is 1. The third-order valence-corrected chi connectivity index (χ3v) is 8.71. The van der Waals surface area contributed by atoms with Crippen LogP contribution in [0.25, 0.3) is 11.0 Å². The number of fused-ring (bicyclic) bond motifs is 1. The van der Waals surface area contributed by atoms with Crippen molar-refractivity contribution in [1.29, 1.82) is 0 Å². The number of aromatic amines is 1. The van der Waals surface area contributed by atoms with E-state index in [0.29, 0.717) is 16.2 Å². The van der Waals surface area contributed by atoms with E-state index < -0.39 is 21.1 Å². The number of non-ortho nitro benzene ring substituents is 1. The molecule has 3 aromatic rings. The Morgan fingerprint density at radius 2 is 1.94 bits per heavy atom. The largest absolute Gasteiger partial charge is 0.333 e. The number of aryl methyl sites for hydroxylation is 1. The monoisotopic (exact) mass is 517 g/mol. The zero-order valence-corrected chi connectivity index (χ0v) is 21.5. The molecular weight excluding hydrogens is 490 g/mol. The molecule has 0 bridgehead atoms. The van der Waals surface area contributed by atoms with Gasteiger partial charge in [-0.25, -0.2) is 13.4 Å². The molecule has 0 saturated carbocycles. The van der Waals surface area contributed by atoms with Gasteiger partial charge in [0.25, 0.3) is 5.69 Å². The van der Waals surface area contributed by atoms with Crippen LogP contribution in [0.1, 0.15) is 26.3 Å². The Bertz CT molecular complexity index is 1370. The quantitative estimate of drug-likeness (QED) is 0.287. The number of H-pyrrole nitrogens is 1. The zero-order chi connectivity index (χ0) is 25.5. The number of nitrogens with one attached hydrogen (secondary N) is 1. The summed E-state index contributed by atoms with van der Waals surface area (Å²) in [4.78, 5) is 33.1. The van der Waals surface area contributed by atoms with E-state index in [2.05, 4.69) is 9.97 Å². The van der Waals surface area contributed by atoms with Crippen molar-refractivity contribution >= 4 is 44.4 Å². The number of nitro benzene ring substituents is 1. The minimum atomic E-state index is -3.79. The highest BCUT2D eigenvalue weighted by molar-refractivity contribution is 7.99. The van der Waals surface area contributed by atoms with Gasteiger partial charge in [0.1, 0.15) is 6.17 Å². The van der Waals surface area contributed by atoms with Gasteiger partial charge < -0.3 is 9.88 Å². The van der Waals surface area contributed by atoms with Crippen molar-refractivity contribution in [2.45, 2.75) is 50.0 Å². The predicted molar refractivity (Wildman–Crippen MR) is 133 cm³/mol. The highest BCUT2D eigenvalue weighted by Crippen LogP contribution is 2.33. The van der Waals surface area contributed by atoms with Gasteiger partial charge in [-0.2, -0.15) is 4.31 Å². The van der Waals surface area contributed by atoms with E-state index in [-0.39, 0.29) is 40.7 Å². The second-order valence-electron chi connectivity index (χ2n) is 8.98. The Morgan fingerprint density at radius 1 is 1.26 bits per heavy atom. The second-order valence-corrected chi connectivity index (χ2v) is 11.8. The van der Waals surface area contributed by atoms with Gasteiger partial charge >= 0.3 is 0 Å². The van der Waals surface area contributed by atoms with Crippen LogP contribution >= 0.6 is 11.8 Å². The molecule has 1 N–H and O–H groups in total. The number of nitrogens with zero attached hydrogens (tertiary/aromatic N) is 4. The summed E-state index contributed by atoms with van der Waals surface area (Å²) in [7, 11) is -3.79. The Kier molecular flexibility index (Phi) is 6.89. The molecule has 2 atom stereocenters. The van der Waals surface area contributed by atoms with Crippen molar-refractivity contribution in [3.8, 4) is 0 Å². The van der Waals surface area contributed by atoms with Gasteiger partial charge in [0.15, 0.2) is 5.16 Å². The average molecular weight is 518 g/mol. The Hall–Kier alpha value is -2.96. The Morgan fingerprint density at radius 3 is 2.57 bits per heavy atom. The maximum Gasteiger partial charge on any atom is 0.271 e. The van der Waals surface area contributed by atoms with E-state index in [1.54, 1.807) is 35.2 Å². The lowest BCUT2D eigenvalue weighted by Gasteiger charge is -2.33. The van der Waals surface area contributed by atoms with Gasteiger partial charge in [0, 0.05) is 24.7 Å². The standard InChI is InChI=1S/C23H27N5O5S2/c1-14(2)22-26(35(32,33)18-8-5-15(3)6-9-18)12-16(4)27(22)21(29)13-34-23-24-19-10-7-17(28(30)31)11-20(19)25-23/h5-11,14,16,22H,12-13H2,1-4H3,(H,24,25)/t16-,22+/m0/s1. The zero-order valence-electron chi connectivity index (χ0n) is 19.8. The van der Waals surface area contributed by atoms with Crippen LogP contribution < -0.4 is 0 Å². The number of rotatable bonds is 7. The lowest BCUT2D eigenvalue weighted by Crippen LogP contribution is -2.49. The van der Waals surface area contributed by atoms with E-state index in [0.717, 1.165) is 5.56 Å². The van der Waals surface area contributed by atoms with Crippen LogP contribution in [0, 0.1) is 23.0 Å². The molecular formula is C23H27N5O5S2. The summed E-state index contributed by atoms with van der Waals surface area (Å²) >= 11 is 1.18. The molecule has 1 amide bonds. The lowest BCUT2D eigenvalue weighted by atomic mass is 10.1. The average Bonchev–Trinajstić information content (AvgIpc) is 3.38. The first-order valence-corrected chi connectivity index (χ1v) is 13.6. The number of sulfonamides is 1. The number of thioether (sulfide) groups is 1. The third kappa shape index (κ3) is 4.91. The van der Waals surface area contributed by atoms with Gasteiger partial charge in [-0.05, 0) is 38.0 Å². The summed E-state index contributed by atoms with van der Waals surface area (Å²) < 4.78 is 28.3. The molecule has 1 aliphatic rings. The molecule has 1 aromatic heterocycles. The number of hydrogen-bond donors (Lipinski definition) is 1. The molecule has 12 heteroatoms. The third-order valence-electron chi connectivity index (χ3n) is 6.00. The molecule has 1 aliphatic heterocycles. The maximum absolute atomic E-state index is 13.4. The summed E-state index contributed by atoms with van der Waals surface area (Å²) in [6.45, 7) is 7.76. The molecule has 0 radical (unpaired) electrons. The van der Waals surface area contributed by atoms with Crippen molar-refractivity contribution in [1.82, 2.24) is 19.2 Å². The van der Waals surface area contributed by atoms with E-state index >= 15 is 0 Å². The predicted octanol–water partition coefficient (Wildman–Crippen LogP) is 3.78. The molecule has 4 rings (SSSR count). The number of benzene rings is 2. The summed E-state index contributed by atoms with van der Waals surface area (Å²) in [5.41, 5.74) is 2.00. The highest BCUT2D eigenvalue weighted by atomic mass is 32.2. The van der Waals surface area contributed by atoms with Crippen LogP contribution in [-0.2, 0) is 14.8 Å². The minimum Gasteiger partial charge on any atom is -0.333 e. The van der Waals surface area contributed by atoms with Crippen molar-refractivity contribution in [3.05, 3.63) is 58.1 Å². The number of carbonyl (C=O) groups is 1. The van der Waals surface area contributed by atoms with Crippen LogP contribution in [0.2, 0.25) is 0 Å². The van der Waals surface area contributed by atoms with Crippen LogP contribution in [-0.4, -0.2) is 62.9 Å².